The molecule has 2 aliphatic rings. The van der Waals surface area contributed by atoms with Crippen LogP contribution in [-0.4, -0.2) is 36.4 Å². The Labute approximate surface area is 163 Å². The molecule has 1 aliphatic carbocycles. The van der Waals surface area contributed by atoms with Gasteiger partial charge in [-0.05, 0) is 42.8 Å². The van der Waals surface area contributed by atoms with E-state index in [0.717, 1.165) is 41.4 Å². The zero-order chi connectivity index (χ0) is 18.3. The lowest BCUT2D eigenvalue weighted by Gasteiger charge is -2.41. The average Bonchev–Trinajstić information content (AvgIpc) is 2.94. The second-order valence-electron chi connectivity index (χ2n) is 6.94. The van der Waals surface area contributed by atoms with Crippen molar-refractivity contribution in [3.8, 4) is 0 Å². The molecule has 0 bridgehead atoms. The molecule has 1 aliphatic heterocycles. The highest BCUT2D eigenvalue weighted by Crippen LogP contribution is 2.32. The van der Waals surface area contributed by atoms with Crippen molar-refractivity contribution in [2.75, 3.05) is 24.5 Å². The van der Waals surface area contributed by atoms with E-state index in [1.54, 1.807) is 0 Å². The van der Waals surface area contributed by atoms with Crippen LogP contribution < -0.4 is 4.90 Å². The highest BCUT2D eigenvalue weighted by Gasteiger charge is 2.29. The van der Waals surface area contributed by atoms with Gasteiger partial charge in [-0.2, -0.15) is 0 Å². The number of anilines is 1. The van der Waals surface area contributed by atoms with E-state index >= 15 is 0 Å². The summed E-state index contributed by atoms with van der Waals surface area (Å²) in [5, 5.41) is 1.43. The number of carbonyl (C=O) groups is 1. The highest BCUT2D eigenvalue weighted by atomic mass is 35.5. The quantitative estimate of drug-likeness (QED) is 0.690. The van der Waals surface area contributed by atoms with Gasteiger partial charge in [-0.15, -0.1) is 0 Å². The summed E-state index contributed by atoms with van der Waals surface area (Å²) in [6.07, 6.45) is 2.66. The monoisotopic (exact) mass is 386 g/mol. The first-order valence-electron chi connectivity index (χ1n) is 8.82. The van der Waals surface area contributed by atoms with Crippen LogP contribution in [0.4, 0.5) is 5.69 Å². The van der Waals surface area contributed by atoms with Crippen molar-refractivity contribution in [3.05, 3.63) is 75.4 Å². The van der Waals surface area contributed by atoms with Crippen molar-refractivity contribution in [1.82, 2.24) is 4.90 Å². The number of hydrogen-bond acceptors (Lipinski definition) is 3. The lowest BCUT2D eigenvalue weighted by Crippen LogP contribution is -2.50. The van der Waals surface area contributed by atoms with Gasteiger partial charge in [0.15, 0.2) is 5.78 Å². The molecule has 4 rings (SSSR count). The zero-order valence-electron chi connectivity index (χ0n) is 14.6. The zero-order valence-corrected chi connectivity index (χ0v) is 16.1. The summed E-state index contributed by atoms with van der Waals surface area (Å²) in [5.41, 5.74) is 3.72. The predicted molar refractivity (Wildman–Crippen MR) is 107 cm³/mol. The normalized spacial score (nSPS) is 21.4. The Morgan fingerprint density at radius 1 is 1.08 bits per heavy atom. The smallest absolute Gasteiger partial charge is 0.191 e. The van der Waals surface area contributed by atoms with Crippen molar-refractivity contribution < 1.29 is 4.79 Å². The van der Waals surface area contributed by atoms with Crippen LogP contribution in [-0.2, 0) is 6.42 Å². The Kier molecular flexibility index (Phi) is 4.68. The molecule has 1 fully saturated rings. The Morgan fingerprint density at radius 2 is 1.85 bits per heavy atom. The summed E-state index contributed by atoms with van der Waals surface area (Å²) in [5.74, 6) is 0.107. The third kappa shape index (κ3) is 3.22. The van der Waals surface area contributed by atoms with Crippen LogP contribution in [0.5, 0.6) is 0 Å². The third-order valence-corrected chi connectivity index (χ3v) is 5.78. The van der Waals surface area contributed by atoms with Crippen LogP contribution >= 0.6 is 23.2 Å². The van der Waals surface area contributed by atoms with Crippen LogP contribution in [0.25, 0.3) is 0 Å². The van der Waals surface area contributed by atoms with Gasteiger partial charge in [0.25, 0.3) is 0 Å². The maximum absolute atomic E-state index is 12.6. The van der Waals surface area contributed by atoms with Gasteiger partial charge >= 0.3 is 0 Å². The molecular formula is C21H20Cl2N2O. The first-order valence-corrected chi connectivity index (χ1v) is 9.57. The number of piperazine rings is 1. The first-order chi connectivity index (χ1) is 12.5. The lowest BCUT2D eigenvalue weighted by atomic mass is 10.1. The Balaban J connectivity index is 1.48. The molecule has 1 atom stereocenters. The summed E-state index contributed by atoms with van der Waals surface area (Å²) in [6.45, 7) is 4.88. The topological polar surface area (TPSA) is 23.6 Å². The molecule has 1 saturated heterocycles. The number of nitrogens with zero attached hydrogens (tertiary/aromatic N) is 2. The number of carbonyl (C=O) groups excluding carboxylic acids is 1. The summed E-state index contributed by atoms with van der Waals surface area (Å²) in [6, 6.07) is 13.9. The van der Waals surface area contributed by atoms with Gasteiger partial charge in [0, 0.05) is 65.2 Å². The van der Waals surface area contributed by atoms with Crippen molar-refractivity contribution in [2.24, 2.45) is 0 Å². The highest BCUT2D eigenvalue weighted by molar-refractivity contribution is 6.33. The number of hydrogen-bond donors (Lipinski definition) is 0. The van der Waals surface area contributed by atoms with Crippen molar-refractivity contribution in [2.45, 2.75) is 19.4 Å². The van der Waals surface area contributed by atoms with E-state index in [1.165, 1.54) is 5.69 Å². The number of Topliss-reactive ketones (excluding diaryl/α,β-unsaturated/α-hetero) is 1. The number of rotatable bonds is 2. The fourth-order valence-electron chi connectivity index (χ4n) is 3.84. The molecule has 5 heteroatoms. The molecule has 0 radical (unpaired) electrons. The Bertz CT molecular complexity index is 876. The molecule has 0 N–H and O–H groups in total. The van der Waals surface area contributed by atoms with Gasteiger partial charge in [-0.1, -0.05) is 35.3 Å². The minimum absolute atomic E-state index is 0.107. The van der Waals surface area contributed by atoms with Gasteiger partial charge in [-0.25, -0.2) is 0 Å². The fourth-order valence-corrected chi connectivity index (χ4v) is 4.21. The molecule has 0 aromatic heterocycles. The van der Waals surface area contributed by atoms with E-state index < -0.39 is 0 Å². The van der Waals surface area contributed by atoms with Gasteiger partial charge < -0.3 is 9.80 Å². The SMILES string of the molecule is CC1CN(/C=C2\Cc3c(Cl)cccc3C2=O)CCN1c1ccc(Cl)cc1. The van der Waals surface area contributed by atoms with Crippen LogP contribution in [0.1, 0.15) is 22.8 Å². The Hall–Kier alpha value is -1.97. The van der Waals surface area contributed by atoms with Gasteiger partial charge in [0.1, 0.15) is 0 Å². The van der Waals surface area contributed by atoms with Crippen molar-refractivity contribution >= 4 is 34.7 Å². The Morgan fingerprint density at radius 3 is 2.54 bits per heavy atom. The summed E-state index contributed by atoms with van der Waals surface area (Å²) in [4.78, 5) is 17.3. The van der Waals surface area contributed by atoms with E-state index in [1.807, 2.05) is 36.5 Å². The van der Waals surface area contributed by atoms with E-state index in [0.29, 0.717) is 17.5 Å². The molecule has 2 aromatic rings. The fraction of sp³-hybridized carbons (Fsp3) is 0.286. The predicted octanol–water partition coefficient (Wildman–Crippen LogP) is 4.83. The van der Waals surface area contributed by atoms with E-state index in [-0.39, 0.29) is 5.78 Å². The van der Waals surface area contributed by atoms with Crippen LogP contribution in [0.15, 0.2) is 54.2 Å². The number of ketones is 1. The molecule has 0 spiro atoms. The van der Waals surface area contributed by atoms with Gasteiger partial charge in [0.2, 0.25) is 0 Å². The van der Waals surface area contributed by atoms with E-state index in [2.05, 4.69) is 28.9 Å². The molecule has 134 valence electrons. The minimum atomic E-state index is 0.107. The number of benzene rings is 2. The number of allylic oxidation sites excluding steroid dienone is 1. The first kappa shape index (κ1) is 17.4. The largest absolute Gasteiger partial charge is 0.373 e. The number of fused-ring (bicyclic) bond motifs is 1. The maximum Gasteiger partial charge on any atom is 0.191 e. The van der Waals surface area contributed by atoms with E-state index in [4.69, 9.17) is 23.2 Å². The molecule has 3 nitrogen and oxygen atoms in total. The van der Waals surface area contributed by atoms with Crippen LogP contribution in [0, 0.1) is 0 Å². The standard InChI is InChI=1S/C21H20Cl2N2O/c1-14-12-24(9-10-25(14)17-7-5-16(22)6-8-17)13-15-11-19-18(21(15)26)3-2-4-20(19)23/h2-8,13-14H,9-12H2,1H3/b15-13+. The minimum Gasteiger partial charge on any atom is -0.373 e. The average molecular weight is 387 g/mol. The van der Waals surface area contributed by atoms with Crippen molar-refractivity contribution in [3.63, 3.8) is 0 Å². The lowest BCUT2D eigenvalue weighted by molar-refractivity contribution is 0.103. The molecule has 1 heterocycles. The molecular weight excluding hydrogens is 367 g/mol. The second-order valence-corrected chi connectivity index (χ2v) is 7.78. The molecule has 0 amide bonds. The van der Waals surface area contributed by atoms with Crippen LogP contribution in [0.2, 0.25) is 10.0 Å². The molecule has 1 unspecified atom stereocenters. The summed E-state index contributed by atoms with van der Waals surface area (Å²) < 4.78 is 0. The van der Waals surface area contributed by atoms with Crippen LogP contribution in [0.3, 0.4) is 0 Å². The maximum atomic E-state index is 12.6. The van der Waals surface area contributed by atoms with Gasteiger partial charge in [0.05, 0.1) is 0 Å². The summed E-state index contributed by atoms with van der Waals surface area (Å²) >= 11 is 12.2. The summed E-state index contributed by atoms with van der Waals surface area (Å²) in [7, 11) is 0. The second kappa shape index (κ2) is 6.98. The molecule has 2 aromatic carbocycles. The third-order valence-electron chi connectivity index (χ3n) is 5.18. The number of halogens is 2. The van der Waals surface area contributed by atoms with Crippen molar-refractivity contribution in [1.29, 1.82) is 0 Å². The van der Waals surface area contributed by atoms with E-state index in [9.17, 15) is 4.79 Å². The molecule has 0 saturated carbocycles. The van der Waals surface area contributed by atoms with Gasteiger partial charge in [-0.3, -0.25) is 4.79 Å². The molecule has 26 heavy (non-hydrogen) atoms.